The van der Waals surface area contributed by atoms with Crippen LogP contribution in [-0.4, -0.2) is 18.1 Å². The number of alkyl carbamates (subject to hydrolysis) is 1. The van der Waals surface area contributed by atoms with Crippen LogP contribution in [0.2, 0.25) is 15.1 Å². The largest absolute Gasteiger partial charge is 0.445 e. The van der Waals surface area contributed by atoms with Crippen LogP contribution >= 0.6 is 34.8 Å². The molecule has 2 aromatic rings. The number of carbonyl (C=O) groups is 2. The van der Waals surface area contributed by atoms with E-state index >= 15 is 0 Å². The van der Waals surface area contributed by atoms with E-state index in [9.17, 15) is 9.59 Å². The molecule has 1 amide bonds. The van der Waals surface area contributed by atoms with Crippen LogP contribution in [0.1, 0.15) is 12.5 Å². The monoisotopic (exact) mass is 401 g/mol. The third-order valence-corrected chi connectivity index (χ3v) is 4.10. The number of benzene rings is 2. The van der Waals surface area contributed by atoms with E-state index < -0.39 is 18.1 Å². The predicted octanol–water partition coefficient (Wildman–Crippen LogP) is 4.87. The number of rotatable bonds is 5. The molecule has 8 heteroatoms. The number of carbonyl (C=O) groups excluding carboxylic acids is 2. The predicted molar refractivity (Wildman–Crippen MR) is 96.3 cm³/mol. The number of nitrogens with one attached hydrogen (secondary N) is 1. The van der Waals surface area contributed by atoms with Gasteiger partial charge in [0.05, 0.1) is 15.1 Å². The molecular weight excluding hydrogens is 389 g/mol. The van der Waals surface area contributed by atoms with Crippen molar-refractivity contribution in [3.63, 3.8) is 0 Å². The summed E-state index contributed by atoms with van der Waals surface area (Å²) in [6.07, 6.45) is -0.742. The number of ether oxygens (including phenoxy) is 2. The third kappa shape index (κ3) is 5.81. The van der Waals surface area contributed by atoms with Gasteiger partial charge in [-0.15, -0.1) is 0 Å². The molecule has 0 saturated carbocycles. The van der Waals surface area contributed by atoms with E-state index in [1.54, 1.807) is 0 Å². The number of esters is 1. The fourth-order valence-corrected chi connectivity index (χ4v) is 2.36. The van der Waals surface area contributed by atoms with Gasteiger partial charge in [-0.05, 0) is 18.6 Å². The lowest BCUT2D eigenvalue weighted by atomic mass is 10.2. The van der Waals surface area contributed by atoms with E-state index in [0.29, 0.717) is 0 Å². The Kier molecular flexibility index (Phi) is 6.93. The van der Waals surface area contributed by atoms with Crippen LogP contribution in [0.15, 0.2) is 42.5 Å². The average Bonchev–Trinajstić information content (AvgIpc) is 2.58. The minimum atomic E-state index is -0.950. The molecule has 25 heavy (non-hydrogen) atoms. The first-order chi connectivity index (χ1) is 11.9. The Labute approximate surface area is 159 Å². The van der Waals surface area contributed by atoms with Crippen molar-refractivity contribution in [3.05, 3.63) is 63.1 Å². The standard InChI is InChI=1S/C17H14Cl3NO4/c1-10(21-17(23)24-9-11-5-3-2-4-6-11)16(22)25-15-8-13(19)12(18)7-14(15)20/h2-8,10H,9H2,1H3,(H,21,23). The summed E-state index contributed by atoms with van der Waals surface area (Å²) in [6, 6.07) is 10.9. The summed E-state index contributed by atoms with van der Waals surface area (Å²) in [5.41, 5.74) is 0.829. The van der Waals surface area contributed by atoms with Crippen molar-refractivity contribution >= 4 is 46.9 Å². The van der Waals surface area contributed by atoms with Crippen LogP contribution in [0.25, 0.3) is 0 Å². The van der Waals surface area contributed by atoms with E-state index in [2.05, 4.69) is 5.32 Å². The highest BCUT2D eigenvalue weighted by atomic mass is 35.5. The summed E-state index contributed by atoms with van der Waals surface area (Å²) in [5, 5.41) is 2.93. The Hall–Kier alpha value is -1.95. The summed E-state index contributed by atoms with van der Waals surface area (Å²) in [5.74, 6) is -0.677. The van der Waals surface area contributed by atoms with Crippen molar-refractivity contribution in [1.29, 1.82) is 0 Å². The highest BCUT2D eigenvalue weighted by Crippen LogP contribution is 2.34. The van der Waals surface area contributed by atoms with E-state index in [1.165, 1.54) is 19.1 Å². The van der Waals surface area contributed by atoms with Crippen molar-refractivity contribution in [2.75, 3.05) is 0 Å². The van der Waals surface area contributed by atoms with Gasteiger partial charge in [0, 0.05) is 6.07 Å². The fraction of sp³-hybridized carbons (Fsp3) is 0.176. The van der Waals surface area contributed by atoms with Crippen LogP contribution in [-0.2, 0) is 16.1 Å². The van der Waals surface area contributed by atoms with Crippen LogP contribution in [0.3, 0.4) is 0 Å². The van der Waals surface area contributed by atoms with Crippen LogP contribution in [0, 0.1) is 0 Å². The lowest BCUT2D eigenvalue weighted by Gasteiger charge is -2.14. The van der Waals surface area contributed by atoms with Gasteiger partial charge < -0.3 is 14.8 Å². The molecule has 0 aliphatic carbocycles. The minimum absolute atomic E-state index is 0.0485. The molecule has 0 bridgehead atoms. The average molecular weight is 403 g/mol. The normalized spacial score (nSPS) is 11.5. The second-order valence-corrected chi connectivity index (χ2v) is 6.27. The molecule has 5 nitrogen and oxygen atoms in total. The summed E-state index contributed by atoms with van der Waals surface area (Å²) in [7, 11) is 0. The molecule has 0 aliphatic heterocycles. The summed E-state index contributed by atoms with van der Waals surface area (Å²) in [6.45, 7) is 1.55. The first-order valence-corrected chi connectivity index (χ1v) is 8.33. The molecule has 1 atom stereocenters. The Morgan fingerprint density at radius 1 is 1.04 bits per heavy atom. The molecule has 0 heterocycles. The Balaban J connectivity index is 1.87. The Morgan fingerprint density at radius 3 is 2.36 bits per heavy atom. The van der Waals surface area contributed by atoms with Crippen LogP contribution < -0.4 is 10.1 Å². The first-order valence-electron chi connectivity index (χ1n) is 7.20. The van der Waals surface area contributed by atoms with Gasteiger partial charge in [0.25, 0.3) is 0 Å². The molecule has 0 aromatic heterocycles. The van der Waals surface area contributed by atoms with Crippen LogP contribution in [0.4, 0.5) is 4.79 Å². The topological polar surface area (TPSA) is 64.6 Å². The van der Waals surface area contributed by atoms with Gasteiger partial charge in [-0.3, -0.25) is 0 Å². The fourth-order valence-electron chi connectivity index (χ4n) is 1.78. The van der Waals surface area contributed by atoms with Gasteiger partial charge in [0.2, 0.25) is 0 Å². The van der Waals surface area contributed by atoms with Gasteiger partial charge in [0.15, 0.2) is 5.75 Å². The number of hydrogen-bond donors (Lipinski definition) is 1. The van der Waals surface area contributed by atoms with E-state index in [0.717, 1.165) is 5.56 Å². The zero-order chi connectivity index (χ0) is 18.4. The molecule has 2 rings (SSSR count). The Morgan fingerprint density at radius 2 is 1.68 bits per heavy atom. The maximum atomic E-state index is 12.0. The van der Waals surface area contributed by atoms with Crippen molar-refractivity contribution < 1.29 is 19.1 Å². The summed E-state index contributed by atoms with van der Waals surface area (Å²) in [4.78, 5) is 23.8. The summed E-state index contributed by atoms with van der Waals surface area (Å²) < 4.78 is 10.2. The van der Waals surface area contributed by atoms with Crippen molar-refractivity contribution in [3.8, 4) is 5.75 Å². The molecule has 132 valence electrons. The molecule has 1 N–H and O–H groups in total. The smallest absolute Gasteiger partial charge is 0.408 e. The number of hydrogen-bond acceptors (Lipinski definition) is 4. The second-order valence-electron chi connectivity index (χ2n) is 5.05. The molecule has 0 spiro atoms. The molecule has 1 unspecified atom stereocenters. The van der Waals surface area contributed by atoms with Gasteiger partial charge in [0.1, 0.15) is 12.6 Å². The SMILES string of the molecule is CC(NC(=O)OCc1ccccc1)C(=O)Oc1cc(Cl)c(Cl)cc1Cl. The zero-order valence-electron chi connectivity index (χ0n) is 13.1. The molecular formula is C17H14Cl3NO4. The molecule has 0 fully saturated rings. The van der Waals surface area contributed by atoms with E-state index in [1.807, 2.05) is 30.3 Å². The lowest BCUT2D eigenvalue weighted by molar-refractivity contribution is -0.136. The number of halogens is 3. The number of amides is 1. The van der Waals surface area contributed by atoms with Gasteiger partial charge in [-0.25, -0.2) is 9.59 Å². The maximum Gasteiger partial charge on any atom is 0.408 e. The van der Waals surface area contributed by atoms with Crippen LogP contribution in [0.5, 0.6) is 5.75 Å². The first kappa shape index (κ1) is 19.4. The zero-order valence-corrected chi connectivity index (χ0v) is 15.4. The minimum Gasteiger partial charge on any atom is -0.445 e. The van der Waals surface area contributed by atoms with Gasteiger partial charge in [-0.2, -0.15) is 0 Å². The quantitative estimate of drug-likeness (QED) is 0.440. The van der Waals surface area contributed by atoms with Gasteiger partial charge >= 0.3 is 12.1 Å². The van der Waals surface area contributed by atoms with Crippen molar-refractivity contribution in [2.45, 2.75) is 19.6 Å². The Bertz CT molecular complexity index is 768. The highest BCUT2D eigenvalue weighted by Gasteiger charge is 2.20. The third-order valence-electron chi connectivity index (χ3n) is 3.09. The van der Waals surface area contributed by atoms with Crippen molar-refractivity contribution in [2.24, 2.45) is 0 Å². The molecule has 0 saturated heterocycles. The highest BCUT2D eigenvalue weighted by molar-refractivity contribution is 6.43. The molecule has 0 radical (unpaired) electrons. The molecule has 2 aromatic carbocycles. The van der Waals surface area contributed by atoms with Crippen molar-refractivity contribution in [1.82, 2.24) is 5.32 Å². The summed E-state index contributed by atoms with van der Waals surface area (Å²) >= 11 is 17.6. The van der Waals surface area contributed by atoms with E-state index in [-0.39, 0.29) is 27.4 Å². The maximum absolute atomic E-state index is 12.0. The van der Waals surface area contributed by atoms with E-state index in [4.69, 9.17) is 44.3 Å². The lowest BCUT2D eigenvalue weighted by Crippen LogP contribution is -2.41. The second kappa shape index (κ2) is 8.94. The molecule has 0 aliphatic rings. The van der Waals surface area contributed by atoms with Gasteiger partial charge in [-0.1, -0.05) is 65.1 Å².